The lowest BCUT2D eigenvalue weighted by Crippen LogP contribution is -1.94. The van der Waals surface area contributed by atoms with Crippen LogP contribution < -0.4 is 0 Å². The maximum absolute atomic E-state index is 5.02. The maximum Gasteiger partial charge on any atom is 0.0974 e. The van der Waals surface area contributed by atoms with Crippen LogP contribution in [0.4, 0.5) is 0 Å². The van der Waals surface area contributed by atoms with Gasteiger partial charge < -0.3 is 0 Å². The highest BCUT2D eigenvalue weighted by molar-refractivity contribution is 7.18. The Morgan fingerprint density at radius 3 is 1.41 bits per heavy atom. The lowest BCUT2D eigenvalue weighted by molar-refractivity contribution is 1.23. The molecule has 2 nitrogen and oxygen atoms in total. The van der Waals surface area contributed by atoms with Crippen LogP contribution in [0.5, 0.6) is 0 Å². The van der Waals surface area contributed by atoms with E-state index in [-0.39, 0.29) is 0 Å². The van der Waals surface area contributed by atoms with Gasteiger partial charge in [-0.3, -0.25) is 9.97 Å². The van der Waals surface area contributed by atoms with E-state index in [1.54, 1.807) is 22.7 Å². The topological polar surface area (TPSA) is 25.8 Å². The molecule has 0 N–H and O–H groups in total. The Hall–Kier alpha value is -3.60. The first-order valence-corrected chi connectivity index (χ1v) is 13.1. The molecule has 34 heavy (non-hydrogen) atoms. The average molecular weight is 473 g/mol. The van der Waals surface area contributed by atoms with E-state index in [4.69, 9.17) is 9.97 Å². The molecular formula is C30H20N2S2. The predicted octanol–water partition coefficient (Wildman–Crippen LogP) is 9.16. The van der Waals surface area contributed by atoms with Crippen LogP contribution in [0.15, 0.2) is 83.6 Å². The van der Waals surface area contributed by atoms with E-state index in [1.165, 1.54) is 42.4 Å². The van der Waals surface area contributed by atoms with Gasteiger partial charge in [0.2, 0.25) is 0 Å². The molecule has 0 saturated heterocycles. The van der Waals surface area contributed by atoms with Crippen LogP contribution in [0.1, 0.15) is 11.4 Å². The minimum Gasteiger partial charge on any atom is -0.251 e. The number of aryl methyl sites for hydroxylation is 2. The molecule has 7 rings (SSSR count). The predicted molar refractivity (Wildman–Crippen MR) is 148 cm³/mol. The van der Waals surface area contributed by atoms with Gasteiger partial charge in [-0.15, -0.1) is 22.7 Å². The Labute approximate surface area is 205 Å². The first kappa shape index (κ1) is 19.8. The molecule has 7 aromatic rings. The molecule has 0 aliphatic heterocycles. The smallest absolute Gasteiger partial charge is 0.0974 e. The summed E-state index contributed by atoms with van der Waals surface area (Å²) in [6.07, 6.45) is 0. The van der Waals surface area contributed by atoms with Gasteiger partial charge in [0, 0.05) is 53.5 Å². The highest BCUT2D eigenvalue weighted by Gasteiger charge is 2.17. The SMILES string of the molecule is Cc1cc(-c2csc3ccccc23)c2ccc3c(-c4csc5ccccc45)cc(C)nc3c2n1. The van der Waals surface area contributed by atoms with Crippen LogP contribution in [0.3, 0.4) is 0 Å². The summed E-state index contributed by atoms with van der Waals surface area (Å²) < 4.78 is 2.61. The number of fused-ring (bicyclic) bond motifs is 5. The Morgan fingerprint density at radius 2 is 0.941 bits per heavy atom. The number of hydrogen-bond donors (Lipinski definition) is 0. The summed E-state index contributed by atoms with van der Waals surface area (Å²) in [6, 6.07) is 26.2. The van der Waals surface area contributed by atoms with Gasteiger partial charge in [0.15, 0.2) is 0 Å². The van der Waals surface area contributed by atoms with E-state index in [9.17, 15) is 0 Å². The quantitative estimate of drug-likeness (QED) is 0.234. The summed E-state index contributed by atoms with van der Waals surface area (Å²) >= 11 is 3.59. The Morgan fingerprint density at radius 1 is 0.500 bits per heavy atom. The van der Waals surface area contributed by atoms with Crippen molar-refractivity contribution in [3.05, 3.63) is 94.9 Å². The second-order valence-corrected chi connectivity index (χ2v) is 10.6. The highest BCUT2D eigenvalue weighted by atomic mass is 32.1. The Balaban J connectivity index is 1.57. The molecule has 0 unspecified atom stereocenters. The van der Waals surface area contributed by atoms with Crippen LogP contribution in [-0.2, 0) is 0 Å². The third-order valence-corrected chi connectivity index (χ3v) is 8.48. The van der Waals surface area contributed by atoms with Crippen molar-refractivity contribution in [1.82, 2.24) is 9.97 Å². The first-order chi connectivity index (χ1) is 16.7. The number of nitrogens with zero attached hydrogens (tertiary/aromatic N) is 2. The van der Waals surface area contributed by atoms with Crippen molar-refractivity contribution in [2.24, 2.45) is 0 Å². The van der Waals surface area contributed by atoms with E-state index < -0.39 is 0 Å². The molecule has 0 radical (unpaired) electrons. The molecule has 4 aromatic heterocycles. The van der Waals surface area contributed by atoms with Crippen LogP contribution >= 0.6 is 22.7 Å². The van der Waals surface area contributed by atoms with Crippen LogP contribution in [0, 0.1) is 13.8 Å². The molecular weight excluding hydrogens is 452 g/mol. The highest BCUT2D eigenvalue weighted by Crippen LogP contribution is 2.42. The van der Waals surface area contributed by atoms with Gasteiger partial charge in [-0.25, -0.2) is 0 Å². The summed E-state index contributed by atoms with van der Waals surface area (Å²) in [5.41, 5.74) is 8.98. The zero-order valence-electron chi connectivity index (χ0n) is 18.8. The van der Waals surface area contributed by atoms with Crippen LogP contribution in [-0.4, -0.2) is 9.97 Å². The lowest BCUT2D eigenvalue weighted by Gasteiger charge is -2.13. The largest absolute Gasteiger partial charge is 0.251 e. The second-order valence-electron chi connectivity index (χ2n) is 8.77. The second kappa shape index (κ2) is 7.45. The van der Waals surface area contributed by atoms with Crippen molar-refractivity contribution in [1.29, 1.82) is 0 Å². The summed E-state index contributed by atoms with van der Waals surface area (Å²) in [6.45, 7) is 4.17. The molecule has 0 bridgehead atoms. The molecule has 0 aliphatic carbocycles. The van der Waals surface area contributed by atoms with E-state index >= 15 is 0 Å². The number of thiophene rings is 2. The number of hydrogen-bond acceptors (Lipinski definition) is 4. The summed E-state index contributed by atoms with van der Waals surface area (Å²) in [7, 11) is 0. The minimum absolute atomic E-state index is 0.979. The van der Waals surface area contributed by atoms with E-state index in [0.29, 0.717) is 0 Å². The molecule has 0 atom stereocenters. The molecule has 0 aliphatic rings. The molecule has 0 spiro atoms. The molecule has 4 heteroatoms. The summed E-state index contributed by atoms with van der Waals surface area (Å²) in [5.74, 6) is 0. The lowest BCUT2D eigenvalue weighted by atomic mass is 9.95. The van der Waals surface area contributed by atoms with Crippen molar-refractivity contribution in [3.8, 4) is 22.3 Å². The number of aromatic nitrogens is 2. The molecule has 162 valence electrons. The van der Waals surface area contributed by atoms with Crippen molar-refractivity contribution in [3.63, 3.8) is 0 Å². The summed E-state index contributed by atoms with van der Waals surface area (Å²) in [5, 5.41) is 9.44. The fourth-order valence-electron chi connectivity index (χ4n) is 5.05. The zero-order chi connectivity index (χ0) is 22.8. The van der Waals surface area contributed by atoms with E-state index in [2.05, 4.69) is 97.4 Å². The van der Waals surface area contributed by atoms with Crippen molar-refractivity contribution < 1.29 is 0 Å². The van der Waals surface area contributed by atoms with Crippen molar-refractivity contribution >= 4 is 64.7 Å². The first-order valence-electron chi connectivity index (χ1n) is 11.3. The Kier molecular flexibility index (Phi) is 4.35. The molecule has 3 aromatic carbocycles. The van der Waals surface area contributed by atoms with Crippen LogP contribution in [0.2, 0.25) is 0 Å². The molecule has 0 saturated carbocycles. The van der Waals surface area contributed by atoms with Gasteiger partial charge in [0.25, 0.3) is 0 Å². The minimum atomic E-state index is 0.979. The molecule has 0 fully saturated rings. The normalized spacial score (nSPS) is 11.8. The number of pyridine rings is 2. The fraction of sp³-hybridized carbons (Fsp3) is 0.0667. The molecule has 4 heterocycles. The van der Waals surface area contributed by atoms with Gasteiger partial charge in [-0.2, -0.15) is 0 Å². The van der Waals surface area contributed by atoms with E-state index in [1.807, 2.05) is 0 Å². The van der Waals surface area contributed by atoms with Gasteiger partial charge >= 0.3 is 0 Å². The fourth-order valence-corrected chi connectivity index (χ4v) is 6.97. The maximum atomic E-state index is 5.02. The average Bonchev–Trinajstić information content (AvgIpc) is 3.47. The van der Waals surface area contributed by atoms with Gasteiger partial charge in [0.05, 0.1) is 11.0 Å². The van der Waals surface area contributed by atoms with Crippen molar-refractivity contribution in [2.45, 2.75) is 13.8 Å². The van der Waals surface area contributed by atoms with Crippen molar-refractivity contribution in [2.75, 3.05) is 0 Å². The summed E-state index contributed by atoms with van der Waals surface area (Å²) in [4.78, 5) is 10.0. The standard InChI is InChI=1S/C30H20N2S2/c1-17-13-23(25-15-33-27-9-5-3-7-19(25)27)21-11-12-22-24(14-18(2)32-30(22)29(21)31-17)26-16-34-28-10-6-4-8-20(26)28/h3-16H,1-2H3. The van der Waals surface area contributed by atoms with E-state index in [0.717, 1.165) is 33.2 Å². The number of benzene rings is 3. The van der Waals surface area contributed by atoms with Crippen LogP contribution in [0.25, 0.3) is 64.2 Å². The third kappa shape index (κ3) is 2.92. The number of rotatable bonds is 2. The third-order valence-electron chi connectivity index (χ3n) is 6.56. The monoisotopic (exact) mass is 472 g/mol. The van der Waals surface area contributed by atoms with Gasteiger partial charge in [0.1, 0.15) is 0 Å². The van der Waals surface area contributed by atoms with Gasteiger partial charge in [-0.1, -0.05) is 48.5 Å². The molecule has 0 amide bonds. The Bertz CT molecular complexity index is 1750. The van der Waals surface area contributed by atoms with Gasteiger partial charge in [-0.05, 0) is 60.0 Å². The zero-order valence-corrected chi connectivity index (χ0v) is 20.4.